The van der Waals surface area contributed by atoms with Crippen LogP contribution in [0.4, 0.5) is 0 Å². The SMILES string of the molecule is C=CCn1c(CC)nnc1SCc1csc(-c2ccc(C)cc2)n1. The second kappa shape index (κ2) is 7.77. The van der Waals surface area contributed by atoms with Gasteiger partial charge in [-0.25, -0.2) is 4.98 Å². The van der Waals surface area contributed by atoms with Gasteiger partial charge in [-0.1, -0.05) is 54.6 Å². The topological polar surface area (TPSA) is 43.6 Å². The molecule has 1 aromatic carbocycles. The van der Waals surface area contributed by atoms with Crippen molar-refractivity contribution in [3.05, 3.63) is 59.4 Å². The van der Waals surface area contributed by atoms with Crippen LogP contribution in [0.25, 0.3) is 10.6 Å². The second-order valence-corrected chi connectivity index (χ2v) is 7.25. The molecule has 3 rings (SSSR count). The zero-order valence-electron chi connectivity index (χ0n) is 13.9. The van der Waals surface area contributed by atoms with Crippen molar-refractivity contribution in [1.82, 2.24) is 19.7 Å². The fourth-order valence-electron chi connectivity index (χ4n) is 2.34. The molecule has 0 fully saturated rings. The van der Waals surface area contributed by atoms with Gasteiger partial charge in [0.1, 0.15) is 10.8 Å². The van der Waals surface area contributed by atoms with Crippen molar-refractivity contribution in [3.63, 3.8) is 0 Å². The zero-order chi connectivity index (χ0) is 16.9. The van der Waals surface area contributed by atoms with E-state index in [1.54, 1.807) is 23.1 Å². The predicted octanol–water partition coefficient (Wildman–Crippen LogP) is 4.75. The maximum atomic E-state index is 4.75. The summed E-state index contributed by atoms with van der Waals surface area (Å²) in [6.07, 6.45) is 2.75. The first kappa shape index (κ1) is 16.9. The molecule has 2 heterocycles. The molecule has 0 atom stereocenters. The van der Waals surface area contributed by atoms with Gasteiger partial charge in [0.2, 0.25) is 0 Å². The van der Waals surface area contributed by atoms with Crippen LogP contribution in [-0.2, 0) is 18.7 Å². The average Bonchev–Trinajstić information content (AvgIpc) is 3.21. The molecule has 0 N–H and O–H groups in total. The molecule has 3 aromatic rings. The second-order valence-electron chi connectivity index (χ2n) is 5.45. The summed E-state index contributed by atoms with van der Waals surface area (Å²) in [4.78, 5) is 4.75. The zero-order valence-corrected chi connectivity index (χ0v) is 15.5. The van der Waals surface area contributed by atoms with E-state index in [1.165, 1.54) is 11.1 Å². The summed E-state index contributed by atoms with van der Waals surface area (Å²) >= 11 is 3.36. The Morgan fingerprint density at radius 2 is 2.04 bits per heavy atom. The van der Waals surface area contributed by atoms with E-state index in [0.29, 0.717) is 0 Å². The van der Waals surface area contributed by atoms with Crippen LogP contribution in [0, 0.1) is 6.92 Å². The highest BCUT2D eigenvalue weighted by molar-refractivity contribution is 7.98. The molecule has 0 aliphatic heterocycles. The van der Waals surface area contributed by atoms with Crippen LogP contribution in [-0.4, -0.2) is 19.7 Å². The van der Waals surface area contributed by atoms with Crippen LogP contribution in [0.1, 0.15) is 24.0 Å². The number of aromatic nitrogens is 4. The highest BCUT2D eigenvalue weighted by atomic mass is 32.2. The smallest absolute Gasteiger partial charge is 0.191 e. The molecular formula is C18H20N4S2. The first-order chi connectivity index (χ1) is 11.7. The number of rotatable bonds is 7. The summed E-state index contributed by atoms with van der Waals surface area (Å²) in [5.41, 5.74) is 3.51. The molecule has 2 aromatic heterocycles. The predicted molar refractivity (Wildman–Crippen MR) is 101 cm³/mol. The van der Waals surface area contributed by atoms with E-state index < -0.39 is 0 Å². The summed E-state index contributed by atoms with van der Waals surface area (Å²) in [6.45, 7) is 8.74. The van der Waals surface area contributed by atoms with Crippen molar-refractivity contribution in [2.45, 2.75) is 37.7 Å². The summed E-state index contributed by atoms with van der Waals surface area (Å²) < 4.78 is 2.12. The Morgan fingerprint density at radius 1 is 1.25 bits per heavy atom. The maximum absolute atomic E-state index is 4.75. The van der Waals surface area contributed by atoms with Gasteiger partial charge in [0.15, 0.2) is 5.16 Å². The van der Waals surface area contributed by atoms with Gasteiger partial charge in [0.25, 0.3) is 0 Å². The molecule has 6 heteroatoms. The number of thioether (sulfide) groups is 1. The molecule has 0 saturated carbocycles. The van der Waals surface area contributed by atoms with Crippen molar-refractivity contribution in [3.8, 4) is 10.6 Å². The number of thiazole rings is 1. The summed E-state index contributed by atoms with van der Waals surface area (Å²) in [7, 11) is 0. The summed E-state index contributed by atoms with van der Waals surface area (Å²) in [6, 6.07) is 8.49. The third-order valence-corrected chi connectivity index (χ3v) is 5.56. The van der Waals surface area contributed by atoms with Gasteiger partial charge in [0, 0.05) is 29.7 Å². The lowest BCUT2D eigenvalue weighted by Gasteiger charge is -2.05. The van der Waals surface area contributed by atoms with Crippen LogP contribution >= 0.6 is 23.1 Å². The molecule has 4 nitrogen and oxygen atoms in total. The molecule has 0 bridgehead atoms. The highest BCUT2D eigenvalue weighted by Crippen LogP contribution is 2.28. The molecule has 0 spiro atoms. The number of benzene rings is 1. The molecule has 0 unspecified atom stereocenters. The molecular weight excluding hydrogens is 336 g/mol. The lowest BCUT2D eigenvalue weighted by molar-refractivity contribution is 0.685. The number of aryl methyl sites for hydroxylation is 2. The lowest BCUT2D eigenvalue weighted by Crippen LogP contribution is -2.02. The normalized spacial score (nSPS) is 10.9. The van der Waals surface area contributed by atoms with Gasteiger partial charge in [-0.2, -0.15) is 0 Å². The molecule has 0 amide bonds. The van der Waals surface area contributed by atoms with Crippen molar-refractivity contribution >= 4 is 23.1 Å². The van der Waals surface area contributed by atoms with Crippen molar-refractivity contribution < 1.29 is 0 Å². The van der Waals surface area contributed by atoms with E-state index in [1.807, 2.05) is 6.08 Å². The highest BCUT2D eigenvalue weighted by Gasteiger charge is 2.12. The number of nitrogens with zero attached hydrogens (tertiary/aromatic N) is 4. The third kappa shape index (κ3) is 3.76. The monoisotopic (exact) mass is 356 g/mol. The van der Waals surface area contributed by atoms with Crippen LogP contribution in [0.15, 0.2) is 47.5 Å². The Hall–Kier alpha value is -1.92. The van der Waals surface area contributed by atoms with Gasteiger partial charge in [-0.3, -0.25) is 0 Å². The molecule has 0 saturated heterocycles. The van der Waals surface area contributed by atoms with Crippen LogP contribution < -0.4 is 0 Å². The summed E-state index contributed by atoms with van der Waals surface area (Å²) in [5, 5.41) is 12.7. The van der Waals surface area contributed by atoms with E-state index in [9.17, 15) is 0 Å². The average molecular weight is 357 g/mol. The van der Waals surface area contributed by atoms with E-state index in [-0.39, 0.29) is 0 Å². The minimum atomic E-state index is 0.740. The van der Waals surface area contributed by atoms with Gasteiger partial charge in [-0.15, -0.1) is 28.1 Å². The quantitative estimate of drug-likeness (QED) is 0.452. The fourth-order valence-corrected chi connectivity index (χ4v) is 4.13. The molecule has 124 valence electrons. The first-order valence-electron chi connectivity index (χ1n) is 7.88. The lowest BCUT2D eigenvalue weighted by atomic mass is 10.2. The van der Waals surface area contributed by atoms with Gasteiger partial charge in [-0.05, 0) is 6.92 Å². The van der Waals surface area contributed by atoms with Crippen molar-refractivity contribution in [2.24, 2.45) is 0 Å². The minimum Gasteiger partial charge on any atom is -0.302 e. The van der Waals surface area contributed by atoms with Gasteiger partial charge in [0.05, 0.1) is 5.69 Å². The largest absolute Gasteiger partial charge is 0.302 e. The Kier molecular flexibility index (Phi) is 5.48. The van der Waals surface area contributed by atoms with Crippen LogP contribution in [0.5, 0.6) is 0 Å². The number of hydrogen-bond donors (Lipinski definition) is 0. The maximum Gasteiger partial charge on any atom is 0.191 e. The standard InChI is InChI=1S/C18H20N4S2/c1-4-10-22-16(5-2)20-21-18(22)24-12-15-11-23-17(19-15)14-8-6-13(3)7-9-14/h4,6-9,11H,1,5,10,12H2,2-3H3. The van der Waals surface area contributed by atoms with Crippen molar-refractivity contribution in [2.75, 3.05) is 0 Å². The van der Waals surface area contributed by atoms with E-state index >= 15 is 0 Å². The molecule has 0 aliphatic rings. The Labute approximate surface area is 150 Å². The number of allylic oxidation sites excluding steroid dienone is 1. The Bertz CT molecular complexity index is 818. The third-order valence-electron chi connectivity index (χ3n) is 3.62. The molecule has 0 aliphatic carbocycles. The van der Waals surface area contributed by atoms with Crippen LogP contribution in [0.2, 0.25) is 0 Å². The Balaban J connectivity index is 1.71. The minimum absolute atomic E-state index is 0.740. The number of hydrogen-bond acceptors (Lipinski definition) is 5. The van der Waals surface area contributed by atoms with E-state index in [4.69, 9.17) is 4.98 Å². The van der Waals surface area contributed by atoms with Crippen molar-refractivity contribution in [1.29, 1.82) is 0 Å². The molecule has 0 radical (unpaired) electrons. The molecule has 24 heavy (non-hydrogen) atoms. The first-order valence-corrected chi connectivity index (χ1v) is 9.75. The van der Waals surface area contributed by atoms with Crippen LogP contribution in [0.3, 0.4) is 0 Å². The fraction of sp³-hybridized carbons (Fsp3) is 0.278. The Morgan fingerprint density at radius 3 is 2.75 bits per heavy atom. The van der Waals surface area contributed by atoms with Gasteiger partial charge >= 0.3 is 0 Å². The van der Waals surface area contributed by atoms with E-state index in [0.717, 1.165) is 40.4 Å². The van der Waals surface area contributed by atoms with E-state index in [2.05, 4.69) is 64.8 Å². The summed E-state index contributed by atoms with van der Waals surface area (Å²) in [5.74, 6) is 1.79. The van der Waals surface area contributed by atoms with Gasteiger partial charge < -0.3 is 4.57 Å².